The van der Waals surface area contributed by atoms with E-state index in [0.29, 0.717) is 24.2 Å². The zero-order chi connectivity index (χ0) is 17.9. The minimum Gasteiger partial charge on any atom is -0.339 e. The molecule has 26 heavy (non-hydrogen) atoms. The third kappa shape index (κ3) is 3.77. The van der Waals surface area contributed by atoms with Crippen molar-refractivity contribution in [1.82, 2.24) is 20.4 Å². The van der Waals surface area contributed by atoms with E-state index >= 15 is 0 Å². The maximum atomic E-state index is 13.0. The van der Waals surface area contributed by atoms with Crippen LogP contribution in [-0.2, 0) is 0 Å². The lowest BCUT2D eigenvalue weighted by atomic mass is 9.96. The van der Waals surface area contributed by atoms with Crippen LogP contribution in [0.1, 0.15) is 67.1 Å². The highest BCUT2D eigenvalue weighted by molar-refractivity contribution is 7.10. The second kappa shape index (κ2) is 7.78. The van der Waals surface area contributed by atoms with Gasteiger partial charge < -0.3 is 14.7 Å². The van der Waals surface area contributed by atoms with Crippen molar-refractivity contribution >= 4 is 17.4 Å². The minimum absolute atomic E-state index is 0.0382. The predicted octanol–water partition coefficient (Wildman–Crippen LogP) is 4.26. The maximum Gasteiger partial charge on any atom is 0.317 e. The van der Waals surface area contributed by atoms with Crippen LogP contribution in [0.3, 0.4) is 0 Å². The smallest absolute Gasteiger partial charge is 0.317 e. The summed E-state index contributed by atoms with van der Waals surface area (Å²) in [5.74, 6) is 2.00. The van der Waals surface area contributed by atoms with Crippen LogP contribution in [-0.4, -0.2) is 34.2 Å². The molecule has 2 aromatic heterocycles. The van der Waals surface area contributed by atoms with E-state index in [4.69, 9.17) is 4.52 Å². The van der Waals surface area contributed by atoms with Crippen LogP contribution in [0.2, 0.25) is 0 Å². The average molecular weight is 375 g/mol. The van der Waals surface area contributed by atoms with E-state index in [1.165, 1.54) is 30.6 Å². The number of urea groups is 1. The molecule has 7 heteroatoms. The standard InChI is InChI=1S/C19H26N4O2S/c1-13-20-18(25-22-13)15-8-4-10-23(12-15)19(24)21-17(14-6-2-3-7-14)16-9-5-11-26-16/h5,9,11,14-15,17H,2-4,6-8,10,12H2,1H3,(H,21,24)/t15-,17-/m1/s1. The van der Waals surface area contributed by atoms with E-state index in [1.807, 2.05) is 11.8 Å². The van der Waals surface area contributed by atoms with Gasteiger partial charge in [0.15, 0.2) is 5.82 Å². The quantitative estimate of drug-likeness (QED) is 0.868. The number of nitrogens with one attached hydrogen (secondary N) is 1. The van der Waals surface area contributed by atoms with E-state index in [0.717, 1.165) is 19.4 Å². The van der Waals surface area contributed by atoms with Crippen molar-refractivity contribution in [3.05, 3.63) is 34.1 Å². The second-order valence-corrected chi connectivity index (χ2v) is 8.43. The fourth-order valence-electron chi connectivity index (χ4n) is 4.25. The summed E-state index contributed by atoms with van der Waals surface area (Å²) >= 11 is 1.74. The molecular formula is C19H26N4O2S. The molecule has 0 aromatic carbocycles. The van der Waals surface area contributed by atoms with Crippen LogP contribution in [0, 0.1) is 12.8 Å². The van der Waals surface area contributed by atoms with E-state index < -0.39 is 0 Å². The van der Waals surface area contributed by atoms with E-state index in [-0.39, 0.29) is 18.0 Å². The average Bonchev–Trinajstić information content (AvgIpc) is 3.41. The van der Waals surface area contributed by atoms with Crippen LogP contribution < -0.4 is 5.32 Å². The molecule has 1 saturated carbocycles. The fourth-order valence-corrected chi connectivity index (χ4v) is 5.12. The third-order valence-corrected chi connectivity index (χ3v) is 6.56. The minimum atomic E-state index is 0.0382. The Labute approximate surface area is 158 Å². The van der Waals surface area contributed by atoms with E-state index in [2.05, 4.69) is 33.0 Å². The zero-order valence-corrected chi connectivity index (χ0v) is 16.0. The van der Waals surface area contributed by atoms with Gasteiger partial charge in [-0.15, -0.1) is 11.3 Å². The number of amides is 2. The molecular weight excluding hydrogens is 348 g/mol. The van der Waals surface area contributed by atoms with Crippen molar-refractivity contribution in [2.75, 3.05) is 13.1 Å². The number of likely N-dealkylation sites (tertiary alicyclic amines) is 1. The Morgan fingerprint density at radius 2 is 2.19 bits per heavy atom. The molecule has 2 fully saturated rings. The van der Waals surface area contributed by atoms with Crippen molar-refractivity contribution in [2.45, 2.75) is 57.4 Å². The molecule has 1 aliphatic heterocycles. The van der Waals surface area contributed by atoms with Gasteiger partial charge in [-0.25, -0.2) is 4.79 Å². The molecule has 2 amide bonds. The largest absolute Gasteiger partial charge is 0.339 e. The highest BCUT2D eigenvalue weighted by atomic mass is 32.1. The van der Waals surface area contributed by atoms with Crippen LogP contribution in [0.4, 0.5) is 4.79 Å². The van der Waals surface area contributed by atoms with Gasteiger partial charge in [0.2, 0.25) is 5.89 Å². The molecule has 6 nitrogen and oxygen atoms in total. The molecule has 0 radical (unpaired) electrons. The number of aromatic nitrogens is 2. The van der Waals surface area contributed by atoms with Gasteiger partial charge in [0.05, 0.1) is 12.0 Å². The lowest BCUT2D eigenvalue weighted by Gasteiger charge is -2.33. The highest BCUT2D eigenvalue weighted by Crippen LogP contribution is 2.37. The lowest BCUT2D eigenvalue weighted by molar-refractivity contribution is 0.165. The molecule has 1 saturated heterocycles. The van der Waals surface area contributed by atoms with Crippen molar-refractivity contribution in [2.24, 2.45) is 5.92 Å². The van der Waals surface area contributed by atoms with Gasteiger partial charge in [0, 0.05) is 18.0 Å². The van der Waals surface area contributed by atoms with Crippen molar-refractivity contribution in [3.63, 3.8) is 0 Å². The van der Waals surface area contributed by atoms with Gasteiger partial charge in [-0.1, -0.05) is 24.1 Å². The number of hydrogen-bond donors (Lipinski definition) is 1. The monoisotopic (exact) mass is 374 g/mol. The molecule has 2 atom stereocenters. The van der Waals surface area contributed by atoms with Gasteiger partial charge >= 0.3 is 6.03 Å². The molecule has 2 aliphatic rings. The van der Waals surface area contributed by atoms with E-state index in [1.54, 1.807) is 11.3 Å². The summed E-state index contributed by atoms with van der Waals surface area (Å²) in [6.07, 6.45) is 6.89. The Bertz CT molecular complexity index is 724. The van der Waals surface area contributed by atoms with Crippen molar-refractivity contribution in [3.8, 4) is 0 Å². The number of rotatable bonds is 4. The number of carbonyl (C=O) groups excluding carboxylic acids is 1. The Morgan fingerprint density at radius 3 is 2.88 bits per heavy atom. The van der Waals surface area contributed by atoms with Crippen LogP contribution >= 0.6 is 11.3 Å². The first kappa shape index (κ1) is 17.5. The third-order valence-electron chi connectivity index (χ3n) is 5.60. The van der Waals surface area contributed by atoms with Gasteiger partial charge in [-0.3, -0.25) is 0 Å². The van der Waals surface area contributed by atoms with Gasteiger partial charge in [0.25, 0.3) is 0 Å². The summed E-state index contributed by atoms with van der Waals surface area (Å²) in [5, 5.41) is 9.33. The summed E-state index contributed by atoms with van der Waals surface area (Å²) < 4.78 is 5.34. The van der Waals surface area contributed by atoms with Gasteiger partial charge in [-0.05, 0) is 50.0 Å². The van der Waals surface area contributed by atoms with E-state index in [9.17, 15) is 4.79 Å². The Morgan fingerprint density at radius 1 is 1.35 bits per heavy atom. The molecule has 140 valence electrons. The molecule has 2 aromatic rings. The number of carbonyl (C=O) groups is 1. The van der Waals surface area contributed by atoms with Crippen LogP contribution in [0.25, 0.3) is 0 Å². The number of aryl methyl sites for hydroxylation is 1. The number of piperidine rings is 1. The summed E-state index contributed by atoms with van der Waals surface area (Å²) in [6, 6.07) is 4.39. The Balaban J connectivity index is 1.43. The summed E-state index contributed by atoms with van der Waals surface area (Å²) in [4.78, 5) is 20.5. The topological polar surface area (TPSA) is 71.3 Å². The molecule has 1 aliphatic carbocycles. The number of thiophene rings is 1. The Hall–Kier alpha value is -1.89. The number of hydrogen-bond acceptors (Lipinski definition) is 5. The molecule has 0 spiro atoms. The van der Waals surface area contributed by atoms with Gasteiger partial charge in [-0.2, -0.15) is 4.98 Å². The normalized spacial score (nSPS) is 22.5. The lowest BCUT2D eigenvalue weighted by Crippen LogP contribution is -2.47. The van der Waals surface area contributed by atoms with Crippen LogP contribution in [0.5, 0.6) is 0 Å². The summed E-state index contributed by atoms with van der Waals surface area (Å²) in [7, 11) is 0. The van der Waals surface area contributed by atoms with Crippen molar-refractivity contribution < 1.29 is 9.32 Å². The highest BCUT2D eigenvalue weighted by Gasteiger charge is 2.32. The molecule has 4 rings (SSSR count). The first-order valence-corrected chi connectivity index (χ1v) is 10.5. The molecule has 0 bridgehead atoms. The molecule has 0 unspecified atom stereocenters. The molecule has 3 heterocycles. The van der Waals surface area contributed by atoms with Crippen LogP contribution in [0.15, 0.2) is 22.0 Å². The zero-order valence-electron chi connectivity index (χ0n) is 15.2. The maximum absolute atomic E-state index is 13.0. The first-order valence-electron chi connectivity index (χ1n) is 9.60. The summed E-state index contributed by atoms with van der Waals surface area (Å²) in [5.41, 5.74) is 0. The SMILES string of the molecule is Cc1noc([C@@H]2CCCN(C(=O)N[C@@H](c3cccs3)C3CCCC3)C2)n1. The van der Waals surface area contributed by atoms with Gasteiger partial charge in [0.1, 0.15) is 0 Å². The van der Waals surface area contributed by atoms with Crippen molar-refractivity contribution in [1.29, 1.82) is 0 Å². The summed E-state index contributed by atoms with van der Waals surface area (Å²) in [6.45, 7) is 3.26. The Kier molecular flexibility index (Phi) is 5.24. The first-order chi connectivity index (χ1) is 12.7. The number of nitrogens with zero attached hydrogens (tertiary/aromatic N) is 3. The fraction of sp³-hybridized carbons (Fsp3) is 0.632. The predicted molar refractivity (Wildman–Crippen MR) is 100 cm³/mol. The second-order valence-electron chi connectivity index (χ2n) is 7.45. The molecule has 1 N–H and O–H groups in total.